The van der Waals surface area contributed by atoms with Gasteiger partial charge in [0, 0.05) is 18.3 Å². The van der Waals surface area contributed by atoms with Crippen LogP contribution in [-0.2, 0) is 11.8 Å². The molecule has 0 saturated heterocycles. The number of nitrogens with one attached hydrogen (secondary N) is 1. The van der Waals surface area contributed by atoms with E-state index >= 15 is 0 Å². The molecule has 0 aliphatic heterocycles. The number of imidazole rings is 1. The van der Waals surface area contributed by atoms with Gasteiger partial charge in [-0.05, 0) is 48.5 Å². The Kier molecular flexibility index (Phi) is 4.78. The lowest BCUT2D eigenvalue weighted by Gasteiger charge is -2.08. The van der Waals surface area contributed by atoms with Crippen molar-refractivity contribution >= 4 is 28.6 Å². The molecule has 0 aliphatic carbocycles. The highest BCUT2D eigenvalue weighted by Gasteiger charge is 2.13. The minimum atomic E-state index is -0.366. The van der Waals surface area contributed by atoms with Crippen molar-refractivity contribution in [1.82, 2.24) is 19.5 Å². The Hall–Kier alpha value is -4.01. The first-order chi connectivity index (χ1) is 14.0. The van der Waals surface area contributed by atoms with Gasteiger partial charge < -0.3 is 20.4 Å². The third-order valence-corrected chi connectivity index (χ3v) is 4.29. The van der Waals surface area contributed by atoms with Crippen LogP contribution in [0.2, 0.25) is 0 Å². The molecule has 4 aromatic rings. The Balaban J connectivity index is 1.43. The van der Waals surface area contributed by atoms with E-state index in [4.69, 9.17) is 10.5 Å². The topological polar surface area (TPSA) is 108 Å². The summed E-state index contributed by atoms with van der Waals surface area (Å²) in [7, 11) is 1.85. The molecule has 0 aliphatic rings. The summed E-state index contributed by atoms with van der Waals surface area (Å²) in [5.74, 6) is 0.831. The lowest BCUT2D eigenvalue weighted by atomic mass is 10.2. The fourth-order valence-electron chi connectivity index (χ4n) is 2.85. The number of nitrogens with zero attached hydrogens (tertiary/aromatic N) is 4. The molecule has 2 aromatic carbocycles. The maximum absolute atomic E-state index is 12.9. The van der Waals surface area contributed by atoms with Crippen LogP contribution in [0.1, 0.15) is 0 Å². The monoisotopic (exact) mass is 392 g/mol. The number of carbonyl (C=O) groups excluding carboxylic acids is 1. The maximum Gasteiger partial charge on any atom is 0.262 e. The van der Waals surface area contributed by atoms with Crippen LogP contribution in [0, 0.1) is 5.82 Å². The number of halogens is 1. The molecule has 3 N–H and O–H groups in total. The van der Waals surface area contributed by atoms with Crippen LogP contribution in [0.25, 0.3) is 22.6 Å². The Morgan fingerprint density at radius 3 is 2.55 bits per heavy atom. The zero-order chi connectivity index (χ0) is 20.4. The number of fused-ring (bicyclic) bond motifs is 1. The van der Waals surface area contributed by atoms with Gasteiger partial charge in [-0.2, -0.15) is 0 Å². The molecule has 8 nitrogen and oxygen atoms in total. The summed E-state index contributed by atoms with van der Waals surface area (Å²) in [5.41, 5.74) is 8.40. The number of nitrogen functional groups attached to an aromatic ring is 1. The lowest BCUT2D eigenvalue weighted by molar-refractivity contribution is -0.118. The number of aryl methyl sites for hydroxylation is 1. The summed E-state index contributed by atoms with van der Waals surface area (Å²) in [6, 6.07) is 12.7. The summed E-state index contributed by atoms with van der Waals surface area (Å²) < 4.78 is 20.2. The van der Waals surface area contributed by atoms with Gasteiger partial charge in [-0.15, -0.1) is 0 Å². The van der Waals surface area contributed by atoms with Crippen molar-refractivity contribution in [2.45, 2.75) is 0 Å². The molecule has 2 heterocycles. The molecule has 2 aromatic heterocycles. The van der Waals surface area contributed by atoms with Gasteiger partial charge in [-0.3, -0.25) is 4.79 Å². The van der Waals surface area contributed by atoms with Gasteiger partial charge in [0.05, 0.1) is 0 Å². The first-order valence-electron chi connectivity index (χ1n) is 8.73. The van der Waals surface area contributed by atoms with Crippen LogP contribution >= 0.6 is 0 Å². The SMILES string of the molecule is Cn1c(-c2ccc(OCC(=O)Nc3ccc(F)cc3)cc2)nc2c(N)ncnc21. The summed E-state index contributed by atoms with van der Waals surface area (Å²) in [6.45, 7) is -0.171. The molecular formula is C20H17FN6O2. The van der Waals surface area contributed by atoms with Gasteiger partial charge in [0.25, 0.3) is 5.91 Å². The molecule has 1 amide bonds. The first-order valence-corrected chi connectivity index (χ1v) is 8.73. The molecule has 9 heteroatoms. The van der Waals surface area contributed by atoms with Crippen molar-refractivity contribution in [3.63, 3.8) is 0 Å². The summed E-state index contributed by atoms with van der Waals surface area (Å²) in [5, 5.41) is 2.64. The second-order valence-corrected chi connectivity index (χ2v) is 6.29. The molecule has 29 heavy (non-hydrogen) atoms. The van der Waals surface area contributed by atoms with E-state index in [0.29, 0.717) is 34.2 Å². The summed E-state index contributed by atoms with van der Waals surface area (Å²) in [4.78, 5) is 24.7. The summed E-state index contributed by atoms with van der Waals surface area (Å²) in [6.07, 6.45) is 1.40. The van der Waals surface area contributed by atoms with Crippen LogP contribution in [-0.4, -0.2) is 32.0 Å². The third-order valence-electron chi connectivity index (χ3n) is 4.29. The van der Waals surface area contributed by atoms with Gasteiger partial charge in [0.1, 0.15) is 23.7 Å². The maximum atomic E-state index is 12.9. The normalized spacial score (nSPS) is 10.8. The van der Waals surface area contributed by atoms with E-state index in [1.807, 2.05) is 23.7 Å². The number of rotatable bonds is 5. The number of nitrogens with two attached hydrogens (primary N) is 1. The van der Waals surface area contributed by atoms with Crippen molar-refractivity contribution in [2.75, 3.05) is 17.7 Å². The predicted molar refractivity (Wildman–Crippen MR) is 107 cm³/mol. The highest BCUT2D eigenvalue weighted by Crippen LogP contribution is 2.26. The first kappa shape index (κ1) is 18.4. The van der Waals surface area contributed by atoms with Crippen molar-refractivity contribution in [2.24, 2.45) is 7.05 Å². The minimum absolute atomic E-state index is 0.171. The molecule has 0 atom stereocenters. The fourth-order valence-corrected chi connectivity index (χ4v) is 2.85. The van der Waals surface area contributed by atoms with Crippen molar-refractivity contribution in [3.05, 3.63) is 60.7 Å². The van der Waals surface area contributed by atoms with Crippen molar-refractivity contribution in [1.29, 1.82) is 0 Å². The Labute approximate surface area is 165 Å². The molecule has 0 saturated carbocycles. The highest BCUT2D eigenvalue weighted by atomic mass is 19.1. The van der Waals surface area contributed by atoms with E-state index in [2.05, 4.69) is 20.3 Å². The number of benzene rings is 2. The van der Waals surface area contributed by atoms with Gasteiger partial charge >= 0.3 is 0 Å². The van der Waals surface area contributed by atoms with Crippen LogP contribution in [0.5, 0.6) is 5.75 Å². The van der Waals surface area contributed by atoms with Crippen LogP contribution in [0.15, 0.2) is 54.9 Å². The number of carbonyl (C=O) groups is 1. The van der Waals surface area contributed by atoms with Crippen LogP contribution < -0.4 is 15.8 Å². The van der Waals surface area contributed by atoms with E-state index in [9.17, 15) is 9.18 Å². The Morgan fingerprint density at radius 1 is 1.14 bits per heavy atom. The third kappa shape index (κ3) is 3.84. The zero-order valence-corrected chi connectivity index (χ0v) is 15.5. The van der Waals surface area contributed by atoms with Crippen LogP contribution in [0.4, 0.5) is 15.9 Å². The van der Waals surface area contributed by atoms with Gasteiger partial charge in [-0.1, -0.05) is 0 Å². The zero-order valence-electron chi connectivity index (χ0n) is 15.5. The molecule has 0 bridgehead atoms. The quantitative estimate of drug-likeness (QED) is 0.541. The van der Waals surface area contributed by atoms with E-state index < -0.39 is 0 Å². The number of hydrogen-bond donors (Lipinski definition) is 2. The fraction of sp³-hybridized carbons (Fsp3) is 0.100. The number of hydrogen-bond acceptors (Lipinski definition) is 6. The van der Waals surface area contributed by atoms with Crippen molar-refractivity contribution < 1.29 is 13.9 Å². The molecule has 0 spiro atoms. The molecule has 4 rings (SSSR count). The predicted octanol–water partition coefficient (Wildman–Crippen LogP) is 2.77. The van der Waals surface area contributed by atoms with Gasteiger partial charge in [-0.25, -0.2) is 19.3 Å². The molecule has 0 fully saturated rings. The highest BCUT2D eigenvalue weighted by molar-refractivity contribution is 5.91. The average molecular weight is 392 g/mol. The van der Waals surface area contributed by atoms with E-state index in [-0.39, 0.29) is 18.3 Å². The lowest BCUT2D eigenvalue weighted by Crippen LogP contribution is -2.20. The second kappa shape index (κ2) is 7.55. The number of ether oxygens (including phenoxy) is 1. The van der Waals surface area contributed by atoms with Gasteiger partial charge in [0.2, 0.25) is 0 Å². The molecule has 146 valence electrons. The van der Waals surface area contributed by atoms with Gasteiger partial charge in [0.15, 0.2) is 23.6 Å². The minimum Gasteiger partial charge on any atom is -0.484 e. The second-order valence-electron chi connectivity index (χ2n) is 6.29. The number of anilines is 2. The average Bonchev–Trinajstić information content (AvgIpc) is 3.07. The van der Waals surface area contributed by atoms with E-state index in [1.54, 1.807) is 12.1 Å². The Morgan fingerprint density at radius 2 is 1.86 bits per heavy atom. The molecular weight excluding hydrogens is 375 g/mol. The molecule has 0 radical (unpaired) electrons. The van der Waals surface area contributed by atoms with Crippen molar-refractivity contribution in [3.8, 4) is 17.1 Å². The smallest absolute Gasteiger partial charge is 0.262 e. The summed E-state index contributed by atoms with van der Waals surface area (Å²) >= 11 is 0. The largest absolute Gasteiger partial charge is 0.484 e. The number of aromatic nitrogens is 4. The standard InChI is InChI=1S/C20H17FN6O2/c1-27-19(26-17-18(22)23-11-24-20(17)27)12-2-8-15(9-3-12)29-10-16(28)25-14-6-4-13(21)5-7-14/h2-9,11H,10H2,1H3,(H,25,28)(H2,22,23,24). The van der Waals surface area contributed by atoms with Crippen LogP contribution in [0.3, 0.4) is 0 Å². The van der Waals surface area contributed by atoms with E-state index in [1.165, 1.54) is 30.6 Å². The number of amides is 1. The molecule has 0 unspecified atom stereocenters. The Bertz CT molecular complexity index is 1170. The van der Waals surface area contributed by atoms with E-state index in [0.717, 1.165) is 5.56 Å².